The fourth-order valence-electron chi connectivity index (χ4n) is 5.50. The number of aromatic nitrogens is 4. The van der Waals surface area contributed by atoms with Gasteiger partial charge in [-0.25, -0.2) is 27.0 Å². The summed E-state index contributed by atoms with van der Waals surface area (Å²) in [6.45, 7) is -0.836. The number of aliphatic hydroxyl groups is 1. The van der Waals surface area contributed by atoms with Crippen LogP contribution in [0.5, 0.6) is 0 Å². The Morgan fingerprint density at radius 3 is 2.30 bits per heavy atom. The van der Waals surface area contributed by atoms with Crippen molar-refractivity contribution in [3.63, 3.8) is 0 Å². The summed E-state index contributed by atoms with van der Waals surface area (Å²) >= 11 is 0. The maximum atomic E-state index is 16.1. The largest absolute Gasteiger partial charge is 0.478 e. The first-order valence-corrected chi connectivity index (χ1v) is 10.1. The van der Waals surface area contributed by atoms with Gasteiger partial charge in [0.1, 0.15) is 18.0 Å². The fraction of sp³-hybridized carbons (Fsp3) is 0.364. The van der Waals surface area contributed by atoms with Crippen molar-refractivity contribution in [2.75, 3.05) is 0 Å². The second-order valence-electron chi connectivity index (χ2n) is 9.04. The Hall–Kier alpha value is -3.34. The van der Waals surface area contributed by atoms with Crippen LogP contribution in [0.1, 0.15) is 40.7 Å². The zero-order valence-electron chi connectivity index (χ0n) is 17.1. The number of alkyl halides is 2. The molecule has 0 unspecified atom stereocenters. The van der Waals surface area contributed by atoms with Gasteiger partial charge in [-0.05, 0) is 64.9 Å². The predicted molar refractivity (Wildman–Crippen MR) is 104 cm³/mol. The van der Waals surface area contributed by atoms with Crippen molar-refractivity contribution >= 4 is 5.97 Å². The molecule has 0 aliphatic heterocycles. The molecule has 0 spiro atoms. The zero-order valence-corrected chi connectivity index (χ0v) is 17.1. The number of carboxylic acids is 1. The Morgan fingerprint density at radius 2 is 1.76 bits per heavy atom. The van der Waals surface area contributed by atoms with Gasteiger partial charge in [0.05, 0.1) is 12.1 Å². The quantitative estimate of drug-likeness (QED) is 0.523. The average molecular weight is 462 g/mol. The summed E-state index contributed by atoms with van der Waals surface area (Å²) in [5.41, 5.74) is -5.12. The van der Waals surface area contributed by atoms with Crippen molar-refractivity contribution in [3.05, 3.63) is 77.1 Å². The number of hydrogen-bond donors (Lipinski definition) is 2. The highest BCUT2D eigenvalue weighted by molar-refractivity contribution is 5.87. The minimum atomic E-state index is -3.81. The number of rotatable bonds is 7. The van der Waals surface area contributed by atoms with E-state index >= 15 is 8.78 Å². The Balaban J connectivity index is 1.48. The first kappa shape index (κ1) is 21.5. The normalized spacial score (nSPS) is 25.6. The van der Waals surface area contributed by atoms with Crippen molar-refractivity contribution in [2.24, 2.45) is 5.41 Å². The number of carbonyl (C=O) groups is 1. The van der Waals surface area contributed by atoms with Crippen LogP contribution in [0.3, 0.4) is 0 Å². The van der Waals surface area contributed by atoms with Crippen LogP contribution in [-0.2, 0) is 17.6 Å². The zero-order chi connectivity index (χ0) is 23.6. The Morgan fingerprint density at radius 1 is 1.09 bits per heavy atom. The standard InChI is InChI=1S/C22H18F4N4O3/c23-15-5-6-16(17(24)7-15)21(33,11-30-12-27-28-29-30)22(25,26)20-8-19(9-20,10-20)14-3-1-13(2-4-14)18(31)32/h1-7,12,33H,8-11H2,(H,31,32)/t19?,20?,21-/m0/s1. The molecule has 3 fully saturated rings. The average Bonchev–Trinajstić information content (AvgIpc) is 3.18. The lowest BCUT2D eigenvalue weighted by atomic mass is 9.30. The first-order valence-electron chi connectivity index (χ1n) is 10.1. The van der Waals surface area contributed by atoms with E-state index in [1.807, 2.05) is 0 Å². The molecule has 6 rings (SSSR count). The molecular weight excluding hydrogens is 444 g/mol. The number of benzene rings is 2. The van der Waals surface area contributed by atoms with Crippen molar-refractivity contribution in [3.8, 4) is 0 Å². The van der Waals surface area contributed by atoms with E-state index in [0.717, 1.165) is 28.7 Å². The third-order valence-corrected chi connectivity index (χ3v) is 7.12. The number of carboxylic acid groups (broad SMARTS) is 1. The van der Waals surface area contributed by atoms with Gasteiger partial charge in [0.15, 0.2) is 5.60 Å². The summed E-state index contributed by atoms with van der Waals surface area (Å²) in [6, 6.07) is 8.13. The van der Waals surface area contributed by atoms with Gasteiger partial charge < -0.3 is 10.2 Å². The monoisotopic (exact) mass is 462 g/mol. The van der Waals surface area contributed by atoms with Crippen molar-refractivity contribution in [1.29, 1.82) is 0 Å². The van der Waals surface area contributed by atoms with Crippen LogP contribution < -0.4 is 0 Å². The maximum absolute atomic E-state index is 16.1. The maximum Gasteiger partial charge on any atom is 0.335 e. The number of hydrogen-bond acceptors (Lipinski definition) is 5. The van der Waals surface area contributed by atoms with Crippen LogP contribution in [0, 0.1) is 17.0 Å². The molecule has 3 aromatic rings. The molecule has 3 aliphatic rings. The van der Waals surface area contributed by atoms with Crippen LogP contribution in [0.15, 0.2) is 48.8 Å². The van der Waals surface area contributed by atoms with Crippen molar-refractivity contribution in [2.45, 2.75) is 42.7 Å². The van der Waals surface area contributed by atoms with E-state index < -0.39 is 52.1 Å². The Labute approximate surface area is 184 Å². The first-order chi connectivity index (χ1) is 15.5. The topological polar surface area (TPSA) is 101 Å². The second kappa shape index (κ2) is 6.83. The van der Waals surface area contributed by atoms with E-state index in [1.54, 1.807) is 12.1 Å². The van der Waals surface area contributed by atoms with E-state index in [-0.39, 0.29) is 24.8 Å². The Bertz CT molecular complexity index is 1210. The summed E-state index contributed by atoms with van der Waals surface area (Å²) in [6.07, 6.45) is 1.11. The van der Waals surface area contributed by atoms with Crippen LogP contribution in [0.4, 0.5) is 17.6 Å². The summed E-state index contributed by atoms with van der Waals surface area (Å²) in [7, 11) is 0. The molecule has 2 N–H and O–H groups in total. The van der Waals surface area contributed by atoms with Crippen LogP contribution in [-0.4, -0.2) is 42.3 Å². The molecule has 3 saturated carbocycles. The lowest BCUT2D eigenvalue weighted by Gasteiger charge is -2.74. The molecule has 3 aliphatic carbocycles. The fourth-order valence-corrected chi connectivity index (χ4v) is 5.50. The molecule has 1 heterocycles. The molecule has 172 valence electrons. The van der Waals surface area contributed by atoms with Crippen LogP contribution in [0.25, 0.3) is 0 Å². The minimum Gasteiger partial charge on any atom is -0.478 e. The van der Waals surface area contributed by atoms with Gasteiger partial charge >= 0.3 is 5.97 Å². The van der Waals surface area contributed by atoms with Gasteiger partial charge in [-0.3, -0.25) is 0 Å². The highest BCUT2D eigenvalue weighted by atomic mass is 19.3. The van der Waals surface area contributed by atoms with Gasteiger partial charge in [-0.1, -0.05) is 12.1 Å². The molecule has 0 amide bonds. The SMILES string of the molecule is O=C(O)c1ccc(C23CC(C(F)(F)[C@](O)(Cn4cnnn4)c4ccc(F)cc4F)(C2)C3)cc1. The number of tetrazole rings is 1. The highest BCUT2D eigenvalue weighted by Crippen LogP contribution is 2.80. The van der Waals surface area contributed by atoms with Gasteiger partial charge in [0.25, 0.3) is 5.92 Å². The van der Waals surface area contributed by atoms with Gasteiger partial charge in [0.2, 0.25) is 0 Å². The van der Waals surface area contributed by atoms with E-state index in [1.165, 1.54) is 12.1 Å². The van der Waals surface area contributed by atoms with E-state index in [0.29, 0.717) is 6.07 Å². The number of halogens is 4. The lowest BCUT2D eigenvalue weighted by Crippen LogP contribution is -2.76. The molecule has 1 aromatic heterocycles. The molecule has 11 heteroatoms. The molecule has 2 bridgehead atoms. The molecule has 33 heavy (non-hydrogen) atoms. The third kappa shape index (κ3) is 2.91. The van der Waals surface area contributed by atoms with E-state index in [9.17, 15) is 18.7 Å². The van der Waals surface area contributed by atoms with Crippen LogP contribution >= 0.6 is 0 Å². The summed E-state index contributed by atoms with van der Waals surface area (Å²) < 4.78 is 61.1. The third-order valence-electron chi connectivity index (χ3n) is 7.12. The summed E-state index contributed by atoms with van der Waals surface area (Å²) in [5.74, 6) is -7.15. The molecule has 1 atom stereocenters. The van der Waals surface area contributed by atoms with Gasteiger partial charge in [-0.15, -0.1) is 5.10 Å². The smallest absolute Gasteiger partial charge is 0.335 e. The van der Waals surface area contributed by atoms with E-state index in [4.69, 9.17) is 5.11 Å². The number of aromatic carboxylic acids is 1. The second-order valence-corrected chi connectivity index (χ2v) is 9.04. The van der Waals surface area contributed by atoms with Crippen molar-refractivity contribution in [1.82, 2.24) is 20.2 Å². The minimum absolute atomic E-state index is 0.0279. The molecule has 7 nitrogen and oxygen atoms in total. The van der Waals surface area contributed by atoms with Gasteiger partial charge in [-0.2, -0.15) is 0 Å². The highest BCUT2D eigenvalue weighted by Gasteiger charge is 2.82. The van der Waals surface area contributed by atoms with Crippen molar-refractivity contribution < 1.29 is 32.6 Å². The molecule has 0 saturated heterocycles. The molecule has 2 aromatic carbocycles. The van der Waals surface area contributed by atoms with Gasteiger partial charge in [0, 0.05) is 17.0 Å². The van der Waals surface area contributed by atoms with E-state index in [2.05, 4.69) is 15.5 Å². The lowest BCUT2D eigenvalue weighted by molar-refractivity contribution is -0.347. The summed E-state index contributed by atoms with van der Waals surface area (Å²) in [4.78, 5) is 11.1. The molecular formula is C22H18F4N4O3. The number of nitrogens with zero attached hydrogens (tertiary/aromatic N) is 4. The van der Waals surface area contributed by atoms with Crippen LogP contribution in [0.2, 0.25) is 0 Å². The molecule has 0 radical (unpaired) electrons. The summed E-state index contributed by atoms with van der Waals surface area (Å²) in [5, 5.41) is 30.7. The Kier molecular flexibility index (Phi) is 4.45. The predicted octanol–water partition coefficient (Wildman–Crippen LogP) is 3.29.